The molecule has 3 aromatic rings. The van der Waals surface area contributed by atoms with Crippen molar-refractivity contribution in [1.29, 1.82) is 0 Å². The van der Waals surface area contributed by atoms with E-state index < -0.39 is 11.8 Å². The van der Waals surface area contributed by atoms with E-state index in [4.69, 9.17) is 5.73 Å². The van der Waals surface area contributed by atoms with E-state index in [2.05, 4.69) is 9.97 Å². The van der Waals surface area contributed by atoms with Crippen molar-refractivity contribution in [2.24, 2.45) is 5.73 Å². The largest absolute Gasteiger partial charge is 0.369 e. The third-order valence-electron chi connectivity index (χ3n) is 3.42. The van der Waals surface area contributed by atoms with Crippen LogP contribution in [0.25, 0.3) is 11.3 Å². The minimum absolute atomic E-state index is 0.417. The summed E-state index contributed by atoms with van der Waals surface area (Å²) in [4.78, 5) is 20.7. The highest BCUT2D eigenvalue weighted by molar-refractivity contribution is 5.84. The zero-order valence-electron chi connectivity index (χ0n) is 11.9. The van der Waals surface area contributed by atoms with Gasteiger partial charge in [0.15, 0.2) is 0 Å². The summed E-state index contributed by atoms with van der Waals surface area (Å²) in [5.74, 6) is -0.693. The van der Waals surface area contributed by atoms with Crippen LogP contribution in [0.3, 0.4) is 0 Å². The summed E-state index contributed by atoms with van der Waals surface area (Å²) in [6.45, 7) is 0. The summed E-state index contributed by atoms with van der Waals surface area (Å²) in [6.07, 6.45) is 1.66. The molecule has 0 aliphatic rings. The van der Waals surface area contributed by atoms with Crippen LogP contribution >= 0.6 is 0 Å². The molecule has 1 aromatic heterocycles. The first kappa shape index (κ1) is 13.9. The van der Waals surface area contributed by atoms with E-state index in [1.165, 1.54) is 0 Å². The molecule has 108 valence electrons. The standard InChI is InChI=1S/C18H15N3O/c19-17(22)16(14-9-5-2-6-10-14)18-20-12-11-15(21-18)13-7-3-1-4-8-13/h1-12,16H,(H2,19,22)/t16-/m1/s1. The smallest absolute Gasteiger partial charge is 0.232 e. The fraction of sp³-hybridized carbons (Fsp3) is 0.0556. The summed E-state index contributed by atoms with van der Waals surface area (Å²) >= 11 is 0. The Balaban J connectivity index is 2.05. The van der Waals surface area contributed by atoms with Gasteiger partial charge >= 0.3 is 0 Å². The quantitative estimate of drug-likeness (QED) is 0.803. The molecule has 1 heterocycles. The monoisotopic (exact) mass is 289 g/mol. The third-order valence-corrected chi connectivity index (χ3v) is 3.42. The topological polar surface area (TPSA) is 68.9 Å². The van der Waals surface area contributed by atoms with E-state index >= 15 is 0 Å². The Morgan fingerprint density at radius 1 is 0.909 bits per heavy atom. The molecule has 1 amide bonds. The molecule has 0 saturated carbocycles. The second-order valence-corrected chi connectivity index (χ2v) is 4.91. The molecule has 2 N–H and O–H groups in total. The van der Waals surface area contributed by atoms with Crippen LogP contribution in [0, 0.1) is 0 Å². The molecule has 0 spiro atoms. The summed E-state index contributed by atoms with van der Waals surface area (Å²) in [7, 11) is 0. The second-order valence-electron chi connectivity index (χ2n) is 4.91. The van der Waals surface area contributed by atoms with Crippen molar-refractivity contribution >= 4 is 5.91 Å². The lowest BCUT2D eigenvalue weighted by atomic mass is 9.97. The van der Waals surface area contributed by atoms with Crippen molar-refractivity contribution < 1.29 is 4.79 Å². The molecule has 4 nitrogen and oxygen atoms in total. The van der Waals surface area contributed by atoms with Gasteiger partial charge in [0.25, 0.3) is 0 Å². The Hall–Kier alpha value is -3.01. The highest BCUT2D eigenvalue weighted by Crippen LogP contribution is 2.23. The zero-order chi connectivity index (χ0) is 15.4. The molecule has 1 atom stereocenters. The first-order valence-electron chi connectivity index (χ1n) is 6.98. The van der Waals surface area contributed by atoms with Crippen LogP contribution in [0.15, 0.2) is 72.9 Å². The van der Waals surface area contributed by atoms with Crippen molar-refractivity contribution in [3.8, 4) is 11.3 Å². The van der Waals surface area contributed by atoms with Gasteiger partial charge < -0.3 is 5.73 Å². The zero-order valence-corrected chi connectivity index (χ0v) is 11.9. The van der Waals surface area contributed by atoms with Crippen molar-refractivity contribution in [3.63, 3.8) is 0 Å². The average molecular weight is 289 g/mol. The molecule has 0 unspecified atom stereocenters. The predicted molar refractivity (Wildman–Crippen MR) is 84.9 cm³/mol. The predicted octanol–water partition coefficient (Wildman–Crippen LogP) is 2.76. The number of nitrogens with two attached hydrogens (primary N) is 1. The Labute approximate surface area is 128 Å². The number of amides is 1. The molecule has 0 saturated heterocycles. The lowest BCUT2D eigenvalue weighted by molar-refractivity contribution is -0.118. The van der Waals surface area contributed by atoms with Gasteiger partial charge in [-0.05, 0) is 11.6 Å². The van der Waals surface area contributed by atoms with Gasteiger partial charge in [0.1, 0.15) is 11.7 Å². The Bertz CT molecular complexity index is 773. The Morgan fingerprint density at radius 2 is 1.55 bits per heavy atom. The minimum atomic E-state index is -0.648. The van der Waals surface area contributed by atoms with E-state index in [1.807, 2.05) is 66.7 Å². The van der Waals surface area contributed by atoms with Gasteiger partial charge in [-0.3, -0.25) is 4.79 Å². The van der Waals surface area contributed by atoms with Crippen LogP contribution in [0.2, 0.25) is 0 Å². The Kier molecular flexibility index (Phi) is 3.92. The van der Waals surface area contributed by atoms with Crippen LogP contribution < -0.4 is 5.73 Å². The van der Waals surface area contributed by atoms with Crippen molar-refractivity contribution in [2.45, 2.75) is 5.92 Å². The van der Waals surface area contributed by atoms with Crippen LogP contribution in [-0.4, -0.2) is 15.9 Å². The van der Waals surface area contributed by atoms with E-state index in [1.54, 1.807) is 6.20 Å². The molecule has 2 aromatic carbocycles. The van der Waals surface area contributed by atoms with Crippen molar-refractivity contribution in [3.05, 3.63) is 84.3 Å². The van der Waals surface area contributed by atoms with E-state index in [-0.39, 0.29) is 0 Å². The van der Waals surface area contributed by atoms with Crippen molar-refractivity contribution in [2.75, 3.05) is 0 Å². The Morgan fingerprint density at radius 3 is 2.18 bits per heavy atom. The highest BCUT2D eigenvalue weighted by atomic mass is 16.1. The number of nitrogens with zero attached hydrogens (tertiary/aromatic N) is 2. The van der Waals surface area contributed by atoms with Gasteiger partial charge in [-0.1, -0.05) is 60.7 Å². The minimum Gasteiger partial charge on any atom is -0.369 e. The van der Waals surface area contributed by atoms with E-state index in [9.17, 15) is 4.79 Å². The number of benzene rings is 2. The van der Waals surface area contributed by atoms with Gasteiger partial charge in [-0.25, -0.2) is 9.97 Å². The molecule has 0 bridgehead atoms. The summed E-state index contributed by atoms with van der Waals surface area (Å²) in [5, 5.41) is 0. The molecule has 0 aliphatic heterocycles. The maximum atomic E-state index is 11.9. The van der Waals surface area contributed by atoms with Gasteiger partial charge in [-0.15, -0.1) is 0 Å². The summed E-state index contributed by atoms with van der Waals surface area (Å²) in [5.41, 5.74) is 8.11. The number of carbonyl (C=O) groups excluding carboxylic acids is 1. The number of rotatable bonds is 4. The van der Waals surface area contributed by atoms with Crippen LogP contribution in [0.1, 0.15) is 17.3 Å². The molecule has 3 rings (SSSR count). The maximum absolute atomic E-state index is 11.9. The lowest BCUT2D eigenvalue weighted by Crippen LogP contribution is -2.24. The SMILES string of the molecule is NC(=O)[C@@H](c1ccccc1)c1nccc(-c2ccccc2)n1. The highest BCUT2D eigenvalue weighted by Gasteiger charge is 2.23. The first-order valence-corrected chi connectivity index (χ1v) is 6.98. The number of hydrogen-bond acceptors (Lipinski definition) is 3. The van der Waals surface area contributed by atoms with Crippen LogP contribution in [-0.2, 0) is 4.79 Å². The van der Waals surface area contributed by atoms with Crippen molar-refractivity contribution in [1.82, 2.24) is 9.97 Å². The first-order chi connectivity index (χ1) is 10.8. The van der Waals surface area contributed by atoms with Gasteiger partial charge in [0.05, 0.1) is 5.69 Å². The molecule has 0 fully saturated rings. The molecular formula is C18H15N3O. The van der Waals surface area contributed by atoms with Gasteiger partial charge in [0.2, 0.25) is 5.91 Å². The molecule has 4 heteroatoms. The maximum Gasteiger partial charge on any atom is 0.232 e. The average Bonchev–Trinajstić information content (AvgIpc) is 2.57. The second kappa shape index (κ2) is 6.18. The van der Waals surface area contributed by atoms with Gasteiger partial charge in [-0.2, -0.15) is 0 Å². The molecule has 0 radical (unpaired) electrons. The molecule has 22 heavy (non-hydrogen) atoms. The van der Waals surface area contributed by atoms with Crippen LogP contribution in [0.5, 0.6) is 0 Å². The molecular weight excluding hydrogens is 274 g/mol. The lowest BCUT2D eigenvalue weighted by Gasteiger charge is -2.13. The third kappa shape index (κ3) is 2.86. The molecule has 0 aliphatic carbocycles. The van der Waals surface area contributed by atoms with Crippen LogP contribution in [0.4, 0.5) is 0 Å². The van der Waals surface area contributed by atoms with Gasteiger partial charge in [0, 0.05) is 11.8 Å². The fourth-order valence-electron chi connectivity index (χ4n) is 2.37. The van der Waals surface area contributed by atoms with E-state index in [0.717, 1.165) is 16.8 Å². The number of hydrogen-bond donors (Lipinski definition) is 1. The normalized spacial score (nSPS) is 11.8. The van der Waals surface area contributed by atoms with E-state index in [0.29, 0.717) is 5.82 Å². The number of carbonyl (C=O) groups is 1. The fourth-order valence-corrected chi connectivity index (χ4v) is 2.37. The summed E-state index contributed by atoms with van der Waals surface area (Å²) in [6, 6.07) is 20.9. The number of aromatic nitrogens is 2. The summed E-state index contributed by atoms with van der Waals surface area (Å²) < 4.78 is 0. The number of primary amides is 1.